The van der Waals surface area contributed by atoms with E-state index in [9.17, 15) is 63.4 Å². The molecule has 2 aliphatic heterocycles. The van der Waals surface area contributed by atoms with Crippen molar-refractivity contribution in [2.24, 2.45) is 0 Å². The standard InChI is InChI=1S/C37H28F11N3O5/c1-17-3-2-4-28-31(17)19-9-24(32(39)26(10-19)37(46,47)48)27(13-30(53)54)49-34(55)33(20-7-21(35(40,41)42)11-23(8-20)56-28)51-14-18(5-6-50-15-22(38)16-50)25(12-29(51)52)36(43,44)45/h2-4,7-12,14,22,27,33H,5-6,13,15-16H2,1H3,(H,49,55)(H,53,54). The van der Waals surface area contributed by atoms with Crippen LogP contribution in [0.5, 0.6) is 11.5 Å². The van der Waals surface area contributed by atoms with Crippen LogP contribution in [-0.4, -0.2) is 52.3 Å². The second-order valence-corrected chi connectivity index (χ2v) is 13.4. The fraction of sp³-hybridized carbons (Fsp3) is 0.324. The normalized spacial score (nSPS) is 18.1. The van der Waals surface area contributed by atoms with Gasteiger partial charge in [-0.2, -0.15) is 39.5 Å². The van der Waals surface area contributed by atoms with Crippen LogP contribution in [0.4, 0.5) is 48.3 Å². The molecule has 19 heteroatoms. The van der Waals surface area contributed by atoms with Gasteiger partial charge in [0, 0.05) is 43.0 Å². The summed E-state index contributed by atoms with van der Waals surface area (Å²) in [5, 5.41) is 11.8. The van der Waals surface area contributed by atoms with Crippen LogP contribution < -0.4 is 15.6 Å². The van der Waals surface area contributed by atoms with Crippen LogP contribution in [-0.2, 0) is 34.5 Å². The van der Waals surface area contributed by atoms with E-state index in [0.29, 0.717) is 29.0 Å². The lowest BCUT2D eigenvalue weighted by Crippen LogP contribution is -2.49. The Morgan fingerprint density at radius 1 is 0.911 bits per heavy atom. The molecule has 0 radical (unpaired) electrons. The highest BCUT2D eigenvalue weighted by Crippen LogP contribution is 2.44. The highest BCUT2D eigenvalue weighted by Gasteiger charge is 2.41. The minimum absolute atomic E-state index is 0.0926. The number of ether oxygens (including phenoxy) is 1. The maximum atomic E-state index is 16.0. The lowest BCUT2D eigenvalue weighted by Gasteiger charge is -2.34. The first kappa shape index (κ1) is 40.2. The quantitative estimate of drug-likeness (QED) is 0.191. The Bertz CT molecular complexity index is 2260. The first-order valence-electron chi connectivity index (χ1n) is 16.6. The number of pyridine rings is 1. The van der Waals surface area contributed by atoms with Gasteiger partial charge in [-0.1, -0.05) is 12.1 Å². The highest BCUT2D eigenvalue weighted by molar-refractivity contribution is 5.85. The number of aliphatic carboxylic acids is 1. The average Bonchev–Trinajstić information content (AvgIpc) is 3.05. The summed E-state index contributed by atoms with van der Waals surface area (Å²) in [6.07, 6.45) is -18.2. The maximum absolute atomic E-state index is 16.0. The number of carboxylic acids is 1. The molecule has 0 aliphatic carbocycles. The SMILES string of the molecule is Cc1cccc2c1-c1cc(c(F)c(C(F)(F)F)c1)C(CC(=O)O)NC(=O)C(n1cc(CCN3CC(F)C3)c(C(F)(F)F)cc1=O)c1cc(cc(C(F)(F)F)c1)O2. The Morgan fingerprint density at radius 2 is 1.59 bits per heavy atom. The second kappa shape index (κ2) is 14.6. The van der Waals surface area contributed by atoms with Crippen LogP contribution in [0.3, 0.4) is 0 Å². The number of alkyl halides is 10. The second-order valence-electron chi connectivity index (χ2n) is 13.4. The molecule has 6 rings (SSSR count). The van der Waals surface area contributed by atoms with E-state index in [1.54, 1.807) is 0 Å². The number of benzene rings is 3. The number of hydrogen-bond donors (Lipinski definition) is 2. The summed E-state index contributed by atoms with van der Waals surface area (Å²) in [6, 6.07) is 2.29. The number of hydrogen-bond acceptors (Lipinski definition) is 5. The molecule has 3 aromatic carbocycles. The fourth-order valence-electron chi connectivity index (χ4n) is 6.80. The summed E-state index contributed by atoms with van der Waals surface area (Å²) < 4.78 is 165. The van der Waals surface area contributed by atoms with Gasteiger partial charge in [0.15, 0.2) is 0 Å². The van der Waals surface area contributed by atoms with Crippen LogP contribution in [0.25, 0.3) is 11.1 Å². The number of amides is 1. The smallest absolute Gasteiger partial charge is 0.419 e. The third-order valence-electron chi connectivity index (χ3n) is 9.40. The van der Waals surface area contributed by atoms with E-state index < -0.39 is 118 Å². The van der Waals surface area contributed by atoms with Gasteiger partial charge in [-0.05, 0) is 72.0 Å². The lowest BCUT2D eigenvalue weighted by atomic mass is 9.91. The van der Waals surface area contributed by atoms with Crippen LogP contribution in [0, 0.1) is 12.7 Å². The molecule has 298 valence electrons. The van der Waals surface area contributed by atoms with E-state index in [1.165, 1.54) is 30.0 Å². The number of likely N-dealkylation sites (tertiary alicyclic amines) is 1. The first-order chi connectivity index (χ1) is 26.0. The number of aryl methyl sites for hydroxylation is 1. The number of carbonyl (C=O) groups excluding carboxylic acids is 1. The maximum Gasteiger partial charge on any atom is 0.419 e. The number of aromatic nitrogens is 1. The van der Waals surface area contributed by atoms with Crippen molar-refractivity contribution in [2.75, 3.05) is 19.6 Å². The number of carboxylic acid groups (broad SMARTS) is 1. The van der Waals surface area contributed by atoms with Gasteiger partial charge in [-0.25, -0.2) is 8.78 Å². The van der Waals surface area contributed by atoms with E-state index in [1.807, 2.05) is 0 Å². The van der Waals surface area contributed by atoms with Crippen LogP contribution in [0.1, 0.15) is 57.4 Å². The number of rotatable bonds is 6. The van der Waals surface area contributed by atoms with Crippen LogP contribution in [0.15, 0.2) is 65.6 Å². The molecule has 2 atom stereocenters. The Hall–Kier alpha value is -5.46. The van der Waals surface area contributed by atoms with Gasteiger partial charge in [-0.3, -0.25) is 23.9 Å². The van der Waals surface area contributed by atoms with Crippen molar-refractivity contribution in [1.29, 1.82) is 0 Å². The van der Waals surface area contributed by atoms with Gasteiger partial charge in [0.2, 0.25) is 5.91 Å². The topological polar surface area (TPSA) is 101 Å². The van der Waals surface area contributed by atoms with Gasteiger partial charge in [0.25, 0.3) is 5.56 Å². The molecule has 0 saturated carbocycles. The number of nitrogens with one attached hydrogen (secondary N) is 1. The molecular weight excluding hydrogens is 775 g/mol. The van der Waals surface area contributed by atoms with E-state index in [-0.39, 0.29) is 42.6 Å². The van der Waals surface area contributed by atoms with E-state index >= 15 is 4.39 Å². The van der Waals surface area contributed by atoms with E-state index in [0.717, 1.165) is 12.1 Å². The van der Waals surface area contributed by atoms with E-state index in [4.69, 9.17) is 4.74 Å². The summed E-state index contributed by atoms with van der Waals surface area (Å²) in [6.45, 7) is 1.00. The number of nitrogens with zero attached hydrogens (tertiary/aromatic N) is 2. The zero-order valence-corrected chi connectivity index (χ0v) is 28.7. The molecule has 56 heavy (non-hydrogen) atoms. The number of fused-ring (bicyclic) bond motifs is 6. The molecule has 1 aromatic heterocycles. The minimum atomic E-state index is -5.41. The van der Waals surface area contributed by atoms with Gasteiger partial charge in [-0.15, -0.1) is 0 Å². The summed E-state index contributed by atoms with van der Waals surface area (Å²) in [4.78, 5) is 41.4. The number of halogens is 11. The van der Waals surface area contributed by atoms with Gasteiger partial charge >= 0.3 is 24.5 Å². The fourth-order valence-corrected chi connectivity index (χ4v) is 6.80. The Kier molecular flexibility index (Phi) is 10.5. The lowest BCUT2D eigenvalue weighted by molar-refractivity contribution is -0.140. The Labute approximate surface area is 309 Å². The zero-order chi connectivity index (χ0) is 41.1. The van der Waals surface area contributed by atoms with Crippen molar-refractivity contribution in [1.82, 2.24) is 14.8 Å². The molecule has 0 spiro atoms. The molecule has 2 unspecified atom stereocenters. The molecule has 1 fully saturated rings. The summed E-state index contributed by atoms with van der Waals surface area (Å²) in [5.41, 5.74) is -9.28. The Balaban J connectivity index is 1.66. The predicted octanol–water partition coefficient (Wildman–Crippen LogP) is 8.24. The molecular formula is C37H28F11N3O5. The largest absolute Gasteiger partial charge is 0.481 e. The van der Waals surface area contributed by atoms with Crippen molar-refractivity contribution in [2.45, 2.75) is 56.5 Å². The van der Waals surface area contributed by atoms with Crippen molar-refractivity contribution < 1.29 is 67.7 Å². The van der Waals surface area contributed by atoms with Gasteiger partial charge < -0.3 is 15.2 Å². The van der Waals surface area contributed by atoms with E-state index in [2.05, 4.69) is 5.32 Å². The van der Waals surface area contributed by atoms with Gasteiger partial charge in [0.05, 0.1) is 29.2 Å². The Morgan fingerprint density at radius 3 is 2.20 bits per heavy atom. The third kappa shape index (κ3) is 8.22. The molecule has 4 aromatic rings. The van der Waals surface area contributed by atoms with Crippen LogP contribution in [0.2, 0.25) is 0 Å². The van der Waals surface area contributed by atoms with Crippen molar-refractivity contribution in [3.8, 4) is 22.6 Å². The highest BCUT2D eigenvalue weighted by atomic mass is 19.4. The molecule has 4 bridgehead atoms. The summed E-state index contributed by atoms with van der Waals surface area (Å²) >= 11 is 0. The number of carbonyl (C=O) groups is 2. The van der Waals surface area contributed by atoms with Crippen molar-refractivity contribution >= 4 is 11.9 Å². The first-order valence-corrected chi connectivity index (χ1v) is 16.6. The minimum Gasteiger partial charge on any atom is -0.481 e. The summed E-state index contributed by atoms with van der Waals surface area (Å²) in [7, 11) is 0. The molecule has 1 amide bonds. The predicted molar refractivity (Wildman–Crippen MR) is 175 cm³/mol. The van der Waals surface area contributed by atoms with Crippen molar-refractivity contribution in [3.63, 3.8) is 0 Å². The summed E-state index contributed by atoms with van der Waals surface area (Å²) in [5.74, 6) is -6.44. The van der Waals surface area contributed by atoms with Gasteiger partial charge in [0.1, 0.15) is 29.5 Å². The third-order valence-corrected chi connectivity index (χ3v) is 9.40. The van der Waals surface area contributed by atoms with Crippen LogP contribution >= 0.6 is 0 Å². The monoisotopic (exact) mass is 803 g/mol. The molecule has 2 aliphatic rings. The molecule has 3 heterocycles. The zero-order valence-electron chi connectivity index (χ0n) is 28.7. The van der Waals surface area contributed by atoms with Crippen molar-refractivity contribution in [3.05, 3.63) is 116 Å². The average molecular weight is 804 g/mol. The molecule has 1 saturated heterocycles. The molecule has 8 nitrogen and oxygen atoms in total. The molecule has 2 N–H and O–H groups in total.